The number of likely N-dealkylation sites (tertiary alicyclic amines) is 1. The van der Waals surface area contributed by atoms with Crippen LogP contribution in [0.3, 0.4) is 0 Å². The number of pyridine rings is 1. The van der Waals surface area contributed by atoms with Gasteiger partial charge in [0.15, 0.2) is 0 Å². The van der Waals surface area contributed by atoms with Crippen LogP contribution in [0.1, 0.15) is 18.4 Å². The van der Waals surface area contributed by atoms with Gasteiger partial charge in [-0.2, -0.15) is 0 Å². The molecule has 1 saturated heterocycles. The molecule has 1 aliphatic heterocycles. The fourth-order valence-corrected chi connectivity index (χ4v) is 4.33. The van der Waals surface area contributed by atoms with Gasteiger partial charge in [-0.1, -0.05) is 12.1 Å². The number of hydrogen-bond acceptors (Lipinski definition) is 6. The first kappa shape index (κ1) is 19.6. The van der Waals surface area contributed by atoms with Gasteiger partial charge in [0, 0.05) is 48.7 Å². The number of hydrogen-bond donors (Lipinski definition) is 1. The third kappa shape index (κ3) is 4.25. The molecule has 0 saturated carbocycles. The lowest BCUT2D eigenvalue weighted by atomic mass is 10.0. The zero-order valence-corrected chi connectivity index (χ0v) is 17.5. The topological polar surface area (TPSA) is 67.6 Å². The van der Waals surface area contributed by atoms with Crippen LogP contribution in [0.5, 0.6) is 5.75 Å². The Morgan fingerprint density at radius 1 is 1.13 bits per heavy atom. The van der Waals surface area contributed by atoms with E-state index in [1.165, 1.54) is 17.0 Å². The zero-order valence-electron chi connectivity index (χ0n) is 17.5. The number of methoxy groups -OCH3 is 1. The summed E-state index contributed by atoms with van der Waals surface area (Å²) in [6, 6.07) is 17.9. The molecule has 3 heterocycles. The molecule has 6 nitrogen and oxygen atoms in total. The molecule has 1 fully saturated rings. The van der Waals surface area contributed by atoms with Crippen LogP contribution in [0, 0.1) is 0 Å². The highest BCUT2D eigenvalue weighted by molar-refractivity contribution is 5.90. The van der Waals surface area contributed by atoms with Crippen LogP contribution in [-0.2, 0) is 6.54 Å². The molecule has 1 aliphatic rings. The Bertz CT molecular complexity index is 1280. The van der Waals surface area contributed by atoms with Gasteiger partial charge in [-0.05, 0) is 54.8 Å². The third-order valence-corrected chi connectivity index (χ3v) is 5.97. The van der Waals surface area contributed by atoms with Crippen molar-refractivity contribution in [2.75, 3.05) is 25.5 Å². The first-order valence-electron chi connectivity index (χ1n) is 10.6. The molecule has 5 rings (SSSR count). The summed E-state index contributed by atoms with van der Waals surface area (Å²) in [6.45, 7) is 2.95. The van der Waals surface area contributed by atoms with Gasteiger partial charge in [0.05, 0.1) is 18.3 Å². The number of piperidine rings is 1. The summed E-state index contributed by atoms with van der Waals surface area (Å²) in [5.41, 5.74) is 3.38. The van der Waals surface area contributed by atoms with Crippen LogP contribution < -0.4 is 15.7 Å². The van der Waals surface area contributed by atoms with E-state index in [9.17, 15) is 4.79 Å². The fourth-order valence-electron chi connectivity index (χ4n) is 4.33. The van der Waals surface area contributed by atoms with Crippen LogP contribution >= 0.6 is 0 Å². The van der Waals surface area contributed by atoms with Crippen molar-refractivity contribution in [1.29, 1.82) is 0 Å². The molecule has 0 radical (unpaired) electrons. The van der Waals surface area contributed by atoms with E-state index in [0.717, 1.165) is 54.8 Å². The second-order valence-electron chi connectivity index (χ2n) is 8.07. The maximum absolute atomic E-state index is 12.0. The highest BCUT2D eigenvalue weighted by Crippen LogP contribution is 2.28. The molecule has 4 aromatic rings. The molecule has 2 aromatic heterocycles. The first-order chi connectivity index (χ1) is 15.2. The summed E-state index contributed by atoms with van der Waals surface area (Å²) in [5.74, 6) is 0.741. The number of aromatic nitrogens is 1. The van der Waals surface area contributed by atoms with E-state index in [1.807, 2.05) is 18.3 Å². The van der Waals surface area contributed by atoms with E-state index in [-0.39, 0.29) is 5.63 Å². The standard InChI is InChI=1S/C25H25N3O3/c1-30-20-5-7-24-21(14-20)23(15-25(29)31-24)27-19-8-11-28(12-9-19)16-17-4-6-22-18(13-17)3-2-10-26-22/h2-7,10,13-15,19,27H,8-9,11-12,16H2,1H3. The molecule has 0 spiro atoms. The zero-order chi connectivity index (χ0) is 21.2. The highest BCUT2D eigenvalue weighted by Gasteiger charge is 2.20. The number of fused-ring (bicyclic) bond motifs is 2. The summed E-state index contributed by atoms with van der Waals surface area (Å²) in [6.07, 6.45) is 3.86. The molecule has 0 aliphatic carbocycles. The van der Waals surface area contributed by atoms with E-state index >= 15 is 0 Å². The molecular formula is C25H25N3O3. The number of nitrogens with zero attached hydrogens (tertiary/aromatic N) is 2. The minimum Gasteiger partial charge on any atom is -0.497 e. The number of nitrogens with one attached hydrogen (secondary N) is 1. The smallest absolute Gasteiger partial charge is 0.338 e. The van der Waals surface area contributed by atoms with Crippen molar-refractivity contribution >= 4 is 27.6 Å². The van der Waals surface area contributed by atoms with E-state index in [1.54, 1.807) is 19.2 Å². The van der Waals surface area contributed by atoms with E-state index < -0.39 is 0 Å². The molecule has 0 atom stereocenters. The van der Waals surface area contributed by atoms with Gasteiger partial charge >= 0.3 is 5.63 Å². The maximum atomic E-state index is 12.0. The predicted molar refractivity (Wildman–Crippen MR) is 123 cm³/mol. The van der Waals surface area contributed by atoms with Crippen LogP contribution in [0.2, 0.25) is 0 Å². The van der Waals surface area contributed by atoms with Gasteiger partial charge in [0.1, 0.15) is 11.3 Å². The molecule has 0 unspecified atom stereocenters. The van der Waals surface area contributed by atoms with Gasteiger partial charge < -0.3 is 14.5 Å². The largest absolute Gasteiger partial charge is 0.497 e. The molecule has 2 aromatic carbocycles. The van der Waals surface area contributed by atoms with Crippen molar-refractivity contribution in [2.24, 2.45) is 0 Å². The third-order valence-electron chi connectivity index (χ3n) is 5.97. The van der Waals surface area contributed by atoms with Crippen LogP contribution in [0.25, 0.3) is 21.9 Å². The summed E-state index contributed by atoms with van der Waals surface area (Å²) >= 11 is 0. The van der Waals surface area contributed by atoms with Crippen molar-refractivity contribution in [3.8, 4) is 5.75 Å². The second kappa shape index (κ2) is 8.40. The van der Waals surface area contributed by atoms with Crippen LogP contribution in [-0.4, -0.2) is 36.1 Å². The molecule has 158 valence electrons. The molecule has 1 N–H and O–H groups in total. The number of anilines is 1. The Labute approximate surface area is 180 Å². The number of benzene rings is 2. The minimum absolute atomic E-state index is 0.313. The molecule has 6 heteroatoms. The van der Waals surface area contributed by atoms with Gasteiger partial charge in [-0.25, -0.2) is 4.79 Å². The Kier molecular flexibility index (Phi) is 5.30. The molecule has 31 heavy (non-hydrogen) atoms. The number of rotatable bonds is 5. The van der Waals surface area contributed by atoms with E-state index in [2.05, 4.69) is 39.5 Å². The van der Waals surface area contributed by atoms with Gasteiger partial charge in [-0.3, -0.25) is 9.88 Å². The van der Waals surface area contributed by atoms with Gasteiger partial charge in [-0.15, -0.1) is 0 Å². The Hall–Kier alpha value is -3.38. The Balaban J connectivity index is 1.26. The lowest BCUT2D eigenvalue weighted by molar-refractivity contribution is 0.211. The van der Waals surface area contributed by atoms with Crippen molar-refractivity contribution in [1.82, 2.24) is 9.88 Å². The summed E-state index contributed by atoms with van der Waals surface area (Å²) in [5, 5.41) is 5.62. The van der Waals surface area contributed by atoms with Crippen molar-refractivity contribution in [3.05, 3.63) is 76.8 Å². The van der Waals surface area contributed by atoms with E-state index in [0.29, 0.717) is 11.6 Å². The van der Waals surface area contributed by atoms with Crippen LogP contribution in [0.4, 0.5) is 5.69 Å². The maximum Gasteiger partial charge on any atom is 0.338 e. The Morgan fingerprint density at radius 2 is 2.00 bits per heavy atom. The monoisotopic (exact) mass is 415 g/mol. The average Bonchev–Trinajstić information content (AvgIpc) is 2.80. The highest BCUT2D eigenvalue weighted by atomic mass is 16.5. The molecular weight excluding hydrogens is 390 g/mol. The average molecular weight is 415 g/mol. The van der Waals surface area contributed by atoms with Crippen LogP contribution in [0.15, 0.2) is 70.0 Å². The first-order valence-corrected chi connectivity index (χ1v) is 10.6. The van der Waals surface area contributed by atoms with Crippen molar-refractivity contribution in [3.63, 3.8) is 0 Å². The van der Waals surface area contributed by atoms with Gasteiger partial charge in [0.25, 0.3) is 0 Å². The molecule has 0 amide bonds. The minimum atomic E-state index is -0.344. The SMILES string of the molecule is COc1ccc2oc(=O)cc(NC3CCN(Cc4ccc5ncccc5c4)CC3)c2c1. The Morgan fingerprint density at radius 3 is 2.84 bits per heavy atom. The van der Waals surface area contributed by atoms with E-state index in [4.69, 9.17) is 9.15 Å². The number of ether oxygens (including phenoxy) is 1. The predicted octanol–water partition coefficient (Wildman–Crippen LogP) is 4.43. The molecule has 0 bridgehead atoms. The van der Waals surface area contributed by atoms with Crippen molar-refractivity contribution in [2.45, 2.75) is 25.4 Å². The summed E-state index contributed by atoms with van der Waals surface area (Å²) in [4.78, 5) is 18.9. The van der Waals surface area contributed by atoms with Crippen molar-refractivity contribution < 1.29 is 9.15 Å². The normalized spacial score (nSPS) is 15.4. The summed E-state index contributed by atoms with van der Waals surface area (Å²) in [7, 11) is 1.63. The summed E-state index contributed by atoms with van der Waals surface area (Å²) < 4.78 is 10.7. The van der Waals surface area contributed by atoms with Gasteiger partial charge in [0.2, 0.25) is 0 Å². The quantitative estimate of drug-likeness (QED) is 0.487. The lowest BCUT2D eigenvalue weighted by Gasteiger charge is -2.33. The lowest BCUT2D eigenvalue weighted by Crippen LogP contribution is -2.38. The second-order valence-corrected chi connectivity index (χ2v) is 8.07. The fraction of sp³-hybridized carbons (Fsp3) is 0.280.